The van der Waals surface area contributed by atoms with Crippen LogP contribution in [0.15, 0.2) is 24.3 Å². The van der Waals surface area contributed by atoms with Crippen molar-refractivity contribution in [3.63, 3.8) is 0 Å². The molecule has 0 saturated carbocycles. The van der Waals surface area contributed by atoms with Gasteiger partial charge >= 0.3 is 6.18 Å². The lowest BCUT2D eigenvalue weighted by Crippen LogP contribution is -2.53. The molecule has 0 spiro atoms. The van der Waals surface area contributed by atoms with E-state index in [1.54, 1.807) is 11.0 Å². The molecule has 8 heteroatoms. The fraction of sp³-hybridized carbons (Fsp3) is 0.562. The molecule has 1 aliphatic heterocycles. The number of benzene rings is 1. The molecular formula is C16H23ClF3N3O. The Bertz CT molecular complexity index is 546. The van der Waals surface area contributed by atoms with E-state index in [-0.39, 0.29) is 18.3 Å². The molecule has 1 unspecified atom stereocenters. The van der Waals surface area contributed by atoms with Crippen LogP contribution in [0, 0.1) is 0 Å². The minimum absolute atomic E-state index is 0. The highest BCUT2D eigenvalue weighted by atomic mass is 35.5. The van der Waals surface area contributed by atoms with Crippen molar-refractivity contribution in [1.29, 1.82) is 0 Å². The van der Waals surface area contributed by atoms with Crippen molar-refractivity contribution in [2.75, 3.05) is 31.1 Å². The van der Waals surface area contributed by atoms with Crippen molar-refractivity contribution in [3.8, 4) is 0 Å². The summed E-state index contributed by atoms with van der Waals surface area (Å²) in [5.41, 5.74) is 5.72. The molecule has 1 fully saturated rings. The molecule has 1 heterocycles. The highest BCUT2D eigenvalue weighted by Crippen LogP contribution is 2.31. The van der Waals surface area contributed by atoms with E-state index in [2.05, 4.69) is 0 Å². The summed E-state index contributed by atoms with van der Waals surface area (Å²) in [6.45, 7) is 3.94. The first-order chi connectivity index (χ1) is 10.8. The van der Waals surface area contributed by atoms with E-state index in [0.717, 1.165) is 18.6 Å². The number of alkyl halides is 3. The Morgan fingerprint density at radius 3 is 2.42 bits per heavy atom. The van der Waals surface area contributed by atoms with Crippen LogP contribution in [0.3, 0.4) is 0 Å². The lowest BCUT2D eigenvalue weighted by Gasteiger charge is -2.37. The number of amides is 1. The van der Waals surface area contributed by atoms with Crippen LogP contribution in [0.4, 0.5) is 18.9 Å². The lowest BCUT2D eigenvalue weighted by molar-refractivity contribution is -0.137. The maximum absolute atomic E-state index is 12.8. The van der Waals surface area contributed by atoms with Crippen LogP contribution in [0.25, 0.3) is 0 Å². The number of rotatable bonds is 4. The van der Waals surface area contributed by atoms with Gasteiger partial charge in [-0.3, -0.25) is 4.79 Å². The first-order valence-electron chi connectivity index (χ1n) is 7.79. The average molecular weight is 366 g/mol. The van der Waals surface area contributed by atoms with Crippen LogP contribution in [0.2, 0.25) is 0 Å². The molecule has 0 aromatic heterocycles. The highest BCUT2D eigenvalue weighted by Gasteiger charge is 2.31. The van der Waals surface area contributed by atoms with Crippen LogP contribution in [-0.2, 0) is 11.0 Å². The number of carbonyl (C=O) groups is 1. The molecule has 1 amide bonds. The second-order valence-electron chi connectivity index (χ2n) is 5.76. The SMILES string of the molecule is CCCC(N)C(=O)N1CCN(c2cccc(C(F)(F)F)c2)CC1.Cl. The van der Waals surface area contributed by atoms with E-state index in [1.807, 2.05) is 11.8 Å². The number of anilines is 1. The Balaban J connectivity index is 0.00000288. The zero-order chi connectivity index (χ0) is 17.0. The maximum atomic E-state index is 12.8. The molecule has 2 rings (SSSR count). The van der Waals surface area contributed by atoms with Gasteiger partial charge in [-0.1, -0.05) is 19.4 Å². The highest BCUT2D eigenvalue weighted by molar-refractivity contribution is 5.85. The number of nitrogens with two attached hydrogens (primary N) is 1. The molecule has 1 aliphatic rings. The van der Waals surface area contributed by atoms with E-state index >= 15 is 0 Å². The Morgan fingerprint density at radius 2 is 1.88 bits per heavy atom. The summed E-state index contributed by atoms with van der Waals surface area (Å²) in [5.74, 6) is -0.0736. The van der Waals surface area contributed by atoms with Gasteiger partial charge in [-0.15, -0.1) is 12.4 Å². The summed E-state index contributed by atoms with van der Waals surface area (Å²) in [4.78, 5) is 15.7. The predicted molar refractivity (Wildman–Crippen MR) is 90.4 cm³/mol. The summed E-state index contributed by atoms with van der Waals surface area (Å²) in [5, 5.41) is 0. The zero-order valence-corrected chi connectivity index (χ0v) is 14.4. The number of piperazine rings is 1. The Hall–Kier alpha value is -1.47. The number of carbonyl (C=O) groups excluding carboxylic acids is 1. The second-order valence-corrected chi connectivity index (χ2v) is 5.76. The van der Waals surface area contributed by atoms with Crippen molar-refractivity contribution in [1.82, 2.24) is 4.90 Å². The van der Waals surface area contributed by atoms with Crippen LogP contribution >= 0.6 is 12.4 Å². The van der Waals surface area contributed by atoms with Gasteiger partial charge in [0.2, 0.25) is 5.91 Å². The molecule has 24 heavy (non-hydrogen) atoms. The van der Waals surface area contributed by atoms with Gasteiger partial charge < -0.3 is 15.5 Å². The van der Waals surface area contributed by atoms with Crippen molar-refractivity contribution >= 4 is 24.0 Å². The number of halogens is 4. The topological polar surface area (TPSA) is 49.6 Å². The van der Waals surface area contributed by atoms with Crippen LogP contribution < -0.4 is 10.6 Å². The normalized spacial score (nSPS) is 16.5. The molecule has 2 N–H and O–H groups in total. The van der Waals surface area contributed by atoms with Gasteiger partial charge in [-0.05, 0) is 24.6 Å². The quantitative estimate of drug-likeness (QED) is 0.892. The fourth-order valence-corrected chi connectivity index (χ4v) is 2.73. The van der Waals surface area contributed by atoms with Crippen molar-refractivity contribution in [3.05, 3.63) is 29.8 Å². The second kappa shape index (κ2) is 8.58. The number of hydrogen-bond acceptors (Lipinski definition) is 3. The van der Waals surface area contributed by atoms with Gasteiger partial charge in [-0.25, -0.2) is 0 Å². The van der Waals surface area contributed by atoms with Crippen molar-refractivity contribution < 1.29 is 18.0 Å². The Labute approximate surface area is 146 Å². The zero-order valence-electron chi connectivity index (χ0n) is 13.6. The summed E-state index contributed by atoms with van der Waals surface area (Å²) >= 11 is 0. The van der Waals surface area contributed by atoms with E-state index in [1.165, 1.54) is 6.07 Å². The molecule has 0 bridgehead atoms. The Kier molecular flexibility index (Phi) is 7.35. The third-order valence-electron chi connectivity index (χ3n) is 4.05. The minimum atomic E-state index is -4.35. The van der Waals surface area contributed by atoms with E-state index in [0.29, 0.717) is 38.3 Å². The van der Waals surface area contributed by atoms with Gasteiger partial charge in [0.05, 0.1) is 11.6 Å². The third kappa shape index (κ3) is 5.01. The van der Waals surface area contributed by atoms with Crippen molar-refractivity contribution in [2.24, 2.45) is 5.73 Å². The molecule has 4 nitrogen and oxygen atoms in total. The van der Waals surface area contributed by atoms with Crippen LogP contribution in [-0.4, -0.2) is 43.0 Å². The maximum Gasteiger partial charge on any atom is 0.416 e. The van der Waals surface area contributed by atoms with Crippen molar-refractivity contribution in [2.45, 2.75) is 32.0 Å². The molecule has 1 atom stereocenters. The summed E-state index contributed by atoms with van der Waals surface area (Å²) in [6, 6.07) is 4.80. The summed E-state index contributed by atoms with van der Waals surface area (Å²) in [6.07, 6.45) is -2.86. The van der Waals surface area contributed by atoms with Gasteiger partial charge in [0.25, 0.3) is 0 Å². The molecule has 1 aromatic rings. The van der Waals surface area contributed by atoms with E-state index < -0.39 is 17.8 Å². The number of nitrogens with zero attached hydrogens (tertiary/aromatic N) is 2. The first kappa shape index (κ1) is 20.6. The molecule has 136 valence electrons. The molecule has 0 radical (unpaired) electrons. The van der Waals surface area contributed by atoms with Gasteiger partial charge in [0, 0.05) is 31.9 Å². The number of hydrogen-bond donors (Lipinski definition) is 1. The van der Waals surface area contributed by atoms with Gasteiger partial charge in [0.1, 0.15) is 0 Å². The van der Waals surface area contributed by atoms with Crippen LogP contribution in [0.5, 0.6) is 0 Å². The lowest BCUT2D eigenvalue weighted by atomic mass is 10.1. The molecule has 1 saturated heterocycles. The summed E-state index contributed by atoms with van der Waals surface area (Å²) < 4.78 is 38.3. The summed E-state index contributed by atoms with van der Waals surface area (Å²) in [7, 11) is 0. The smallest absolute Gasteiger partial charge is 0.368 e. The fourth-order valence-electron chi connectivity index (χ4n) is 2.73. The standard InChI is InChI=1S/C16H22F3N3O.ClH/c1-2-4-14(20)15(23)22-9-7-21(8-10-22)13-6-3-5-12(11-13)16(17,18)19;/h3,5-6,11,14H,2,4,7-10,20H2,1H3;1H. The van der Waals surface area contributed by atoms with E-state index in [4.69, 9.17) is 5.73 Å². The molecular weight excluding hydrogens is 343 g/mol. The Morgan fingerprint density at radius 1 is 1.25 bits per heavy atom. The van der Waals surface area contributed by atoms with Crippen LogP contribution in [0.1, 0.15) is 25.3 Å². The third-order valence-corrected chi connectivity index (χ3v) is 4.05. The van der Waals surface area contributed by atoms with Gasteiger partial charge in [0.15, 0.2) is 0 Å². The largest absolute Gasteiger partial charge is 0.416 e. The predicted octanol–water partition coefficient (Wildman–Crippen LogP) is 2.90. The minimum Gasteiger partial charge on any atom is -0.368 e. The van der Waals surface area contributed by atoms with E-state index in [9.17, 15) is 18.0 Å². The molecule has 1 aromatic carbocycles. The average Bonchev–Trinajstić information content (AvgIpc) is 2.54. The van der Waals surface area contributed by atoms with Gasteiger partial charge in [-0.2, -0.15) is 13.2 Å². The molecule has 0 aliphatic carbocycles. The first-order valence-corrected chi connectivity index (χ1v) is 7.79. The monoisotopic (exact) mass is 365 g/mol.